The lowest BCUT2D eigenvalue weighted by Gasteiger charge is -2.35. The molecule has 0 radical (unpaired) electrons. The molecule has 1 N–H and O–H groups in total. The predicted octanol–water partition coefficient (Wildman–Crippen LogP) is 6.62. The molecule has 0 aromatic heterocycles. The fourth-order valence-electron chi connectivity index (χ4n) is 3.74. The van der Waals surface area contributed by atoms with Crippen LogP contribution in [0.15, 0.2) is 24.3 Å². The highest BCUT2D eigenvalue weighted by atomic mass is 19.1. The van der Waals surface area contributed by atoms with Gasteiger partial charge in [-0.05, 0) is 57.2 Å². The third kappa shape index (κ3) is 9.99. The first-order valence-electron chi connectivity index (χ1n) is 11.3. The third-order valence-electron chi connectivity index (χ3n) is 5.31. The Hall–Kier alpha value is -0.970. The molecule has 0 aliphatic rings. The SMILES string of the molecule is CCCCCCCCC(CCCCc1ccc(F)cc1)C(O)(OCC)OCC. The van der Waals surface area contributed by atoms with E-state index < -0.39 is 5.97 Å². The molecule has 1 atom stereocenters. The largest absolute Gasteiger partial charge is 0.343 e. The second kappa shape index (κ2) is 14.9. The molecule has 4 heteroatoms. The number of aliphatic hydroxyl groups is 1. The molecule has 0 saturated heterocycles. The van der Waals surface area contributed by atoms with Crippen molar-refractivity contribution in [2.24, 2.45) is 5.92 Å². The van der Waals surface area contributed by atoms with E-state index in [1.54, 1.807) is 0 Å². The highest BCUT2D eigenvalue weighted by molar-refractivity contribution is 5.15. The number of aryl methyl sites for hydroxylation is 1. The molecule has 1 aromatic carbocycles. The minimum absolute atomic E-state index is 0.0215. The van der Waals surface area contributed by atoms with E-state index >= 15 is 0 Å². The van der Waals surface area contributed by atoms with Gasteiger partial charge in [-0.25, -0.2) is 4.39 Å². The number of halogens is 1. The fourth-order valence-corrected chi connectivity index (χ4v) is 3.74. The van der Waals surface area contributed by atoms with E-state index in [9.17, 15) is 9.50 Å². The fraction of sp³-hybridized carbons (Fsp3) is 0.750. The molecule has 0 bridgehead atoms. The number of unbranched alkanes of at least 4 members (excludes halogenated alkanes) is 6. The van der Waals surface area contributed by atoms with Gasteiger partial charge in [0, 0.05) is 19.1 Å². The molecule has 162 valence electrons. The average Bonchev–Trinajstić information content (AvgIpc) is 2.67. The maximum atomic E-state index is 13.0. The van der Waals surface area contributed by atoms with Crippen LogP contribution in [0.2, 0.25) is 0 Å². The summed E-state index contributed by atoms with van der Waals surface area (Å²) in [6.45, 7) is 6.87. The summed E-state index contributed by atoms with van der Waals surface area (Å²) >= 11 is 0. The van der Waals surface area contributed by atoms with Crippen LogP contribution in [0.25, 0.3) is 0 Å². The van der Waals surface area contributed by atoms with E-state index in [2.05, 4.69) is 6.92 Å². The van der Waals surface area contributed by atoms with Crippen molar-refractivity contribution in [2.75, 3.05) is 13.2 Å². The van der Waals surface area contributed by atoms with Crippen LogP contribution in [0, 0.1) is 11.7 Å². The van der Waals surface area contributed by atoms with Gasteiger partial charge < -0.3 is 14.6 Å². The summed E-state index contributed by atoms with van der Waals surface area (Å²) in [7, 11) is 0. The molecule has 28 heavy (non-hydrogen) atoms. The molecule has 1 unspecified atom stereocenters. The van der Waals surface area contributed by atoms with Crippen LogP contribution in [-0.2, 0) is 15.9 Å². The highest BCUT2D eigenvalue weighted by Gasteiger charge is 2.37. The van der Waals surface area contributed by atoms with Crippen LogP contribution in [0.4, 0.5) is 4.39 Å². The minimum Gasteiger partial charge on any atom is -0.343 e. The maximum absolute atomic E-state index is 13.0. The van der Waals surface area contributed by atoms with Gasteiger partial charge in [0.15, 0.2) is 0 Å². The van der Waals surface area contributed by atoms with Gasteiger partial charge in [-0.3, -0.25) is 0 Å². The van der Waals surface area contributed by atoms with Gasteiger partial charge in [-0.15, -0.1) is 0 Å². The van der Waals surface area contributed by atoms with Crippen LogP contribution >= 0.6 is 0 Å². The predicted molar refractivity (Wildman–Crippen MR) is 114 cm³/mol. The Morgan fingerprint density at radius 3 is 1.93 bits per heavy atom. The summed E-state index contributed by atoms with van der Waals surface area (Å²) in [5.74, 6) is -1.70. The molecular weight excluding hydrogens is 355 g/mol. The van der Waals surface area contributed by atoms with E-state index in [-0.39, 0.29) is 11.7 Å². The van der Waals surface area contributed by atoms with Gasteiger partial charge >= 0.3 is 0 Å². The molecule has 0 amide bonds. The average molecular weight is 397 g/mol. The number of hydrogen-bond donors (Lipinski definition) is 1. The summed E-state index contributed by atoms with van der Waals surface area (Å²) < 4.78 is 24.3. The minimum atomic E-state index is -1.48. The normalized spacial score (nSPS) is 13.0. The van der Waals surface area contributed by atoms with E-state index in [1.807, 2.05) is 26.0 Å². The molecule has 1 aromatic rings. The molecule has 3 nitrogen and oxygen atoms in total. The van der Waals surface area contributed by atoms with Crippen molar-refractivity contribution in [1.29, 1.82) is 0 Å². The van der Waals surface area contributed by atoms with Gasteiger partial charge in [0.05, 0.1) is 0 Å². The van der Waals surface area contributed by atoms with Crippen molar-refractivity contribution < 1.29 is 19.0 Å². The van der Waals surface area contributed by atoms with E-state index in [1.165, 1.54) is 44.2 Å². The summed E-state index contributed by atoms with van der Waals surface area (Å²) in [5.41, 5.74) is 1.15. The number of benzene rings is 1. The smallest absolute Gasteiger partial charge is 0.283 e. The van der Waals surface area contributed by atoms with Crippen molar-refractivity contribution in [2.45, 2.75) is 97.4 Å². The zero-order chi connectivity index (χ0) is 20.7. The van der Waals surface area contributed by atoms with Crippen molar-refractivity contribution in [3.05, 3.63) is 35.6 Å². The van der Waals surface area contributed by atoms with Crippen LogP contribution in [0.5, 0.6) is 0 Å². The molecule has 0 fully saturated rings. The Bertz CT molecular complexity index is 483. The third-order valence-corrected chi connectivity index (χ3v) is 5.31. The van der Waals surface area contributed by atoms with Crippen LogP contribution < -0.4 is 0 Å². The number of rotatable bonds is 17. The molecule has 1 rings (SSSR count). The molecule has 0 spiro atoms. The molecule has 0 saturated carbocycles. The van der Waals surface area contributed by atoms with Crippen LogP contribution in [0.1, 0.15) is 90.5 Å². The Morgan fingerprint density at radius 1 is 0.821 bits per heavy atom. The Labute approximate surface area is 171 Å². The van der Waals surface area contributed by atoms with Gasteiger partial charge in [0.1, 0.15) is 5.82 Å². The van der Waals surface area contributed by atoms with Crippen molar-refractivity contribution in [1.82, 2.24) is 0 Å². The monoisotopic (exact) mass is 396 g/mol. The number of ether oxygens (including phenoxy) is 2. The summed E-state index contributed by atoms with van der Waals surface area (Å²) in [6, 6.07) is 6.72. The van der Waals surface area contributed by atoms with Crippen molar-refractivity contribution in [3.8, 4) is 0 Å². The zero-order valence-electron chi connectivity index (χ0n) is 18.2. The summed E-state index contributed by atoms with van der Waals surface area (Å²) in [4.78, 5) is 0. The molecule has 0 aliphatic heterocycles. The van der Waals surface area contributed by atoms with Crippen LogP contribution in [-0.4, -0.2) is 24.3 Å². The lowest BCUT2D eigenvalue weighted by atomic mass is 9.91. The zero-order valence-corrected chi connectivity index (χ0v) is 18.2. The molecule has 0 aliphatic carbocycles. The first kappa shape index (κ1) is 25.1. The summed E-state index contributed by atoms with van der Waals surface area (Å²) in [5, 5.41) is 11.0. The first-order valence-corrected chi connectivity index (χ1v) is 11.3. The Balaban J connectivity index is 2.51. The Morgan fingerprint density at radius 2 is 1.36 bits per heavy atom. The van der Waals surface area contributed by atoms with Gasteiger partial charge in [-0.2, -0.15) is 0 Å². The van der Waals surface area contributed by atoms with Crippen LogP contribution in [0.3, 0.4) is 0 Å². The quantitative estimate of drug-likeness (QED) is 0.237. The van der Waals surface area contributed by atoms with Crippen molar-refractivity contribution >= 4 is 0 Å². The number of hydrogen-bond acceptors (Lipinski definition) is 3. The molecular formula is C24H41FO3. The van der Waals surface area contributed by atoms with Gasteiger partial charge in [-0.1, -0.05) is 64.0 Å². The maximum Gasteiger partial charge on any atom is 0.283 e. The van der Waals surface area contributed by atoms with Gasteiger partial charge in [0.25, 0.3) is 5.97 Å². The lowest BCUT2D eigenvalue weighted by molar-refractivity contribution is -0.385. The second-order valence-corrected chi connectivity index (χ2v) is 7.62. The first-order chi connectivity index (χ1) is 13.6. The standard InChI is InChI=1S/C24H41FO3/c1-4-7-8-9-10-11-15-22(24(26,27-5-2)28-6-3)16-13-12-14-21-17-19-23(25)20-18-21/h17-20,22,26H,4-16H2,1-3H3. The lowest BCUT2D eigenvalue weighted by Crippen LogP contribution is -2.44. The summed E-state index contributed by atoms with van der Waals surface area (Å²) in [6.07, 6.45) is 12.1. The Kier molecular flexibility index (Phi) is 13.4. The topological polar surface area (TPSA) is 38.7 Å². The molecule has 0 heterocycles. The van der Waals surface area contributed by atoms with E-state index in [4.69, 9.17) is 9.47 Å². The highest BCUT2D eigenvalue weighted by Crippen LogP contribution is 2.31. The second-order valence-electron chi connectivity index (χ2n) is 7.62. The van der Waals surface area contributed by atoms with E-state index in [0.29, 0.717) is 13.2 Å². The van der Waals surface area contributed by atoms with Gasteiger partial charge in [0.2, 0.25) is 0 Å². The van der Waals surface area contributed by atoms with Crippen molar-refractivity contribution in [3.63, 3.8) is 0 Å². The van der Waals surface area contributed by atoms with E-state index in [0.717, 1.165) is 44.1 Å².